The molecule has 0 radical (unpaired) electrons. The third-order valence-corrected chi connectivity index (χ3v) is 7.43. The highest BCUT2D eigenvalue weighted by molar-refractivity contribution is 7.89. The van der Waals surface area contributed by atoms with Gasteiger partial charge in [-0.3, -0.25) is 4.79 Å². The second-order valence-corrected chi connectivity index (χ2v) is 9.72. The quantitative estimate of drug-likeness (QED) is 0.553. The largest absolute Gasteiger partial charge is 0.457 e. The van der Waals surface area contributed by atoms with E-state index in [1.807, 2.05) is 12.1 Å². The number of rotatable bonds is 7. The molecule has 1 atom stereocenters. The third-order valence-electron chi connectivity index (χ3n) is 5.51. The summed E-state index contributed by atoms with van der Waals surface area (Å²) in [6.45, 7) is 0.427. The average Bonchev–Trinajstić information content (AvgIpc) is 3.35. The fourth-order valence-electron chi connectivity index (χ4n) is 3.79. The number of amides is 1. The lowest BCUT2D eigenvalue weighted by Crippen LogP contribution is -2.45. The Morgan fingerprint density at radius 2 is 1.82 bits per heavy atom. The highest BCUT2D eigenvalue weighted by atomic mass is 32.2. The van der Waals surface area contributed by atoms with E-state index in [-0.39, 0.29) is 23.9 Å². The third kappa shape index (κ3) is 5.25. The number of carbonyl (C=O) groups is 1. The second kappa shape index (κ2) is 10.0. The summed E-state index contributed by atoms with van der Waals surface area (Å²) < 4.78 is 46.2. The van der Waals surface area contributed by atoms with Crippen LogP contribution in [-0.4, -0.2) is 31.2 Å². The summed E-state index contributed by atoms with van der Waals surface area (Å²) in [6, 6.07) is 19.7. The molecule has 0 bridgehead atoms. The molecule has 1 aliphatic rings. The van der Waals surface area contributed by atoms with Crippen molar-refractivity contribution in [1.29, 1.82) is 5.26 Å². The molecule has 1 N–H and O–H groups in total. The lowest BCUT2D eigenvalue weighted by Gasteiger charge is -2.23. The molecule has 0 spiro atoms. The first-order valence-electron chi connectivity index (χ1n) is 10.7. The topological polar surface area (TPSA) is 99.5 Å². The van der Waals surface area contributed by atoms with Gasteiger partial charge < -0.3 is 10.1 Å². The molecule has 0 saturated carbocycles. The molecule has 3 aromatic rings. The predicted molar refractivity (Wildman–Crippen MR) is 123 cm³/mol. The van der Waals surface area contributed by atoms with Gasteiger partial charge in [0.1, 0.15) is 23.4 Å². The molecule has 1 amide bonds. The highest BCUT2D eigenvalue weighted by Crippen LogP contribution is 2.27. The van der Waals surface area contributed by atoms with Crippen molar-refractivity contribution in [3.63, 3.8) is 0 Å². The Bertz CT molecular complexity index is 1320. The van der Waals surface area contributed by atoms with Crippen LogP contribution in [0.3, 0.4) is 0 Å². The van der Waals surface area contributed by atoms with Gasteiger partial charge >= 0.3 is 0 Å². The van der Waals surface area contributed by atoms with E-state index in [0.29, 0.717) is 29.9 Å². The predicted octanol–water partition coefficient (Wildman–Crippen LogP) is 3.96. The number of ether oxygens (including phenoxy) is 1. The first kappa shape index (κ1) is 23.4. The van der Waals surface area contributed by atoms with Crippen molar-refractivity contribution in [3.05, 3.63) is 89.7 Å². The number of nitrogens with one attached hydrogen (secondary N) is 1. The molecule has 0 aliphatic carbocycles. The number of carbonyl (C=O) groups excluding carboxylic acids is 1. The van der Waals surface area contributed by atoms with E-state index in [9.17, 15) is 17.6 Å². The van der Waals surface area contributed by atoms with Crippen molar-refractivity contribution in [2.45, 2.75) is 30.3 Å². The molecule has 0 unspecified atom stereocenters. The Balaban J connectivity index is 1.40. The van der Waals surface area contributed by atoms with Crippen LogP contribution in [-0.2, 0) is 21.4 Å². The normalized spacial score (nSPS) is 16.1. The molecule has 1 heterocycles. The minimum Gasteiger partial charge on any atom is -0.457 e. The van der Waals surface area contributed by atoms with Crippen LogP contribution in [0, 0.1) is 17.1 Å². The van der Waals surface area contributed by atoms with Crippen LogP contribution in [0.25, 0.3) is 0 Å². The van der Waals surface area contributed by atoms with Gasteiger partial charge in [-0.1, -0.05) is 12.1 Å². The Morgan fingerprint density at radius 1 is 1.09 bits per heavy atom. The number of hydrogen-bond acceptors (Lipinski definition) is 5. The van der Waals surface area contributed by atoms with Crippen LogP contribution >= 0.6 is 0 Å². The van der Waals surface area contributed by atoms with E-state index in [1.165, 1.54) is 16.4 Å². The summed E-state index contributed by atoms with van der Waals surface area (Å²) in [4.78, 5) is 12.8. The maximum absolute atomic E-state index is 13.2. The van der Waals surface area contributed by atoms with Crippen molar-refractivity contribution < 1.29 is 22.3 Å². The van der Waals surface area contributed by atoms with Crippen molar-refractivity contribution in [2.24, 2.45) is 0 Å². The lowest BCUT2D eigenvalue weighted by atomic mass is 10.2. The molecule has 7 nitrogen and oxygen atoms in total. The van der Waals surface area contributed by atoms with Gasteiger partial charge in [0.05, 0.1) is 16.5 Å². The van der Waals surface area contributed by atoms with E-state index < -0.39 is 21.9 Å². The van der Waals surface area contributed by atoms with Crippen LogP contribution in [0.4, 0.5) is 4.39 Å². The van der Waals surface area contributed by atoms with Crippen molar-refractivity contribution >= 4 is 15.9 Å². The monoisotopic (exact) mass is 479 g/mol. The SMILES string of the molecule is N#Cc1ccc(Oc2cccc(CNC(=O)[C@@H]3CCCN3S(=O)(=O)c3ccc(F)cc3)c2)cc1. The standard InChI is InChI=1S/C25H22FN3O4S/c26-20-8-12-23(13-9-20)34(31,32)29-14-2-5-24(29)25(30)28-17-19-3-1-4-22(15-19)33-21-10-6-18(16-27)7-11-21/h1,3-4,6-13,15,24H,2,5,14,17H2,(H,28,30)/t24-/m0/s1. The van der Waals surface area contributed by atoms with Gasteiger partial charge in [-0.25, -0.2) is 12.8 Å². The Labute approximate surface area is 197 Å². The number of halogens is 1. The minimum absolute atomic E-state index is 0.0405. The van der Waals surface area contributed by atoms with Gasteiger partial charge in [-0.15, -0.1) is 0 Å². The van der Waals surface area contributed by atoms with Gasteiger partial charge in [-0.05, 0) is 79.1 Å². The first-order valence-corrected chi connectivity index (χ1v) is 12.1. The van der Waals surface area contributed by atoms with E-state index in [0.717, 1.165) is 17.7 Å². The fraction of sp³-hybridized carbons (Fsp3) is 0.200. The Hall–Kier alpha value is -3.74. The zero-order valence-corrected chi connectivity index (χ0v) is 19.0. The number of hydrogen-bond donors (Lipinski definition) is 1. The molecular formula is C25H22FN3O4S. The molecule has 174 valence electrons. The molecule has 1 fully saturated rings. The van der Waals surface area contributed by atoms with Gasteiger partial charge in [-0.2, -0.15) is 9.57 Å². The minimum atomic E-state index is -3.91. The number of sulfonamides is 1. The van der Waals surface area contributed by atoms with E-state index in [1.54, 1.807) is 42.5 Å². The first-order chi connectivity index (χ1) is 16.4. The summed E-state index contributed by atoms with van der Waals surface area (Å²) in [5.74, 6) is 0.229. The van der Waals surface area contributed by atoms with Crippen molar-refractivity contribution in [2.75, 3.05) is 6.54 Å². The Morgan fingerprint density at radius 3 is 2.53 bits per heavy atom. The van der Waals surface area contributed by atoms with Crippen LogP contribution in [0.5, 0.6) is 11.5 Å². The van der Waals surface area contributed by atoms with Crippen LogP contribution in [0.15, 0.2) is 77.7 Å². The summed E-state index contributed by atoms with van der Waals surface area (Å²) in [5.41, 5.74) is 1.32. The summed E-state index contributed by atoms with van der Waals surface area (Å²) in [6.07, 6.45) is 0.973. The molecule has 34 heavy (non-hydrogen) atoms. The molecule has 0 aromatic heterocycles. The van der Waals surface area contributed by atoms with E-state index >= 15 is 0 Å². The van der Waals surface area contributed by atoms with Crippen LogP contribution in [0.2, 0.25) is 0 Å². The van der Waals surface area contributed by atoms with E-state index in [4.69, 9.17) is 10.00 Å². The summed E-state index contributed by atoms with van der Waals surface area (Å²) in [5, 5.41) is 11.7. The Kier molecular flexibility index (Phi) is 6.91. The van der Waals surface area contributed by atoms with Crippen molar-refractivity contribution in [1.82, 2.24) is 9.62 Å². The smallest absolute Gasteiger partial charge is 0.243 e. The number of benzene rings is 3. The number of nitrogens with zero attached hydrogens (tertiary/aromatic N) is 2. The average molecular weight is 480 g/mol. The van der Waals surface area contributed by atoms with Gasteiger partial charge in [0, 0.05) is 13.1 Å². The van der Waals surface area contributed by atoms with Crippen LogP contribution in [0.1, 0.15) is 24.0 Å². The molecule has 9 heteroatoms. The summed E-state index contributed by atoms with van der Waals surface area (Å²) >= 11 is 0. The molecule has 3 aromatic carbocycles. The highest BCUT2D eigenvalue weighted by Gasteiger charge is 2.39. The van der Waals surface area contributed by atoms with Crippen LogP contribution < -0.4 is 10.1 Å². The summed E-state index contributed by atoms with van der Waals surface area (Å²) in [7, 11) is -3.91. The second-order valence-electron chi connectivity index (χ2n) is 7.83. The maximum Gasteiger partial charge on any atom is 0.243 e. The molecule has 4 rings (SSSR count). The van der Waals surface area contributed by atoms with E-state index in [2.05, 4.69) is 5.32 Å². The maximum atomic E-state index is 13.2. The van der Waals surface area contributed by atoms with Gasteiger partial charge in [0.15, 0.2) is 0 Å². The molecular weight excluding hydrogens is 457 g/mol. The molecule has 1 aliphatic heterocycles. The molecule has 1 saturated heterocycles. The van der Waals surface area contributed by atoms with Gasteiger partial charge in [0.25, 0.3) is 0 Å². The van der Waals surface area contributed by atoms with Crippen molar-refractivity contribution in [3.8, 4) is 17.6 Å². The zero-order valence-electron chi connectivity index (χ0n) is 18.1. The van der Waals surface area contributed by atoms with Gasteiger partial charge in [0.2, 0.25) is 15.9 Å². The fourth-order valence-corrected chi connectivity index (χ4v) is 5.45. The zero-order chi connectivity index (χ0) is 24.1. The lowest BCUT2D eigenvalue weighted by molar-refractivity contribution is -0.124. The number of nitriles is 1.